The van der Waals surface area contributed by atoms with Crippen molar-refractivity contribution in [2.75, 3.05) is 12.4 Å². The van der Waals surface area contributed by atoms with Crippen LogP contribution >= 0.6 is 0 Å². The molecule has 0 fully saturated rings. The van der Waals surface area contributed by atoms with Gasteiger partial charge in [0.1, 0.15) is 6.04 Å². The number of methoxy groups -OCH3 is 1. The molecule has 0 aliphatic rings. The predicted octanol–water partition coefficient (Wildman–Crippen LogP) is 0.810. The van der Waals surface area contributed by atoms with E-state index in [1.165, 1.54) is 7.11 Å². The highest BCUT2D eigenvalue weighted by Crippen LogP contribution is 2.08. The van der Waals surface area contributed by atoms with Gasteiger partial charge in [-0.15, -0.1) is 0 Å². The van der Waals surface area contributed by atoms with Gasteiger partial charge in [0, 0.05) is 18.3 Å². The lowest BCUT2D eigenvalue weighted by Crippen LogP contribution is -2.41. The smallest absolute Gasteiger partial charge is 0.242 e. The Balaban J connectivity index is 2.60. The van der Waals surface area contributed by atoms with Crippen LogP contribution in [0.15, 0.2) is 12.3 Å². The summed E-state index contributed by atoms with van der Waals surface area (Å²) in [4.78, 5) is 19.7. The maximum absolute atomic E-state index is 11.7. The van der Waals surface area contributed by atoms with Gasteiger partial charge in [0.2, 0.25) is 17.7 Å². The zero-order chi connectivity index (χ0) is 12.8. The number of anilines is 1. The van der Waals surface area contributed by atoms with Crippen LogP contribution in [-0.2, 0) is 4.79 Å². The Labute approximate surface area is 101 Å². The first-order chi connectivity index (χ1) is 8.02. The van der Waals surface area contributed by atoms with Gasteiger partial charge in [-0.2, -0.15) is 4.98 Å². The van der Waals surface area contributed by atoms with Gasteiger partial charge in [0.05, 0.1) is 7.11 Å². The number of carbonyl (C=O) groups is 1. The lowest BCUT2D eigenvalue weighted by molar-refractivity contribution is -0.122. The van der Waals surface area contributed by atoms with E-state index in [2.05, 4.69) is 20.6 Å². The van der Waals surface area contributed by atoms with Crippen LogP contribution in [0.25, 0.3) is 0 Å². The van der Waals surface area contributed by atoms with Crippen molar-refractivity contribution in [3.8, 4) is 5.88 Å². The van der Waals surface area contributed by atoms with Crippen molar-refractivity contribution in [1.82, 2.24) is 15.3 Å². The molecular weight excluding hydrogens is 220 g/mol. The summed E-state index contributed by atoms with van der Waals surface area (Å²) in [6.07, 6.45) is 1.57. The minimum absolute atomic E-state index is 0.0913. The lowest BCUT2D eigenvalue weighted by Gasteiger charge is -2.15. The predicted molar refractivity (Wildman–Crippen MR) is 64.9 cm³/mol. The number of rotatable bonds is 5. The molecule has 0 saturated carbocycles. The van der Waals surface area contributed by atoms with Crippen LogP contribution in [0, 0.1) is 0 Å². The Kier molecular flexibility index (Phi) is 4.68. The van der Waals surface area contributed by atoms with Crippen molar-refractivity contribution < 1.29 is 9.53 Å². The molecule has 1 heterocycles. The molecule has 0 aromatic carbocycles. The SMILES string of the molecule is COc1ccnc(NC(C)C(=O)NC(C)C)n1. The molecule has 0 saturated heterocycles. The zero-order valence-electron chi connectivity index (χ0n) is 10.5. The van der Waals surface area contributed by atoms with E-state index in [-0.39, 0.29) is 11.9 Å². The summed E-state index contributed by atoms with van der Waals surface area (Å²) in [6.45, 7) is 5.57. The van der Waals surface area contributed by atoms with Crippen LogP contribution in [0.4, 0.5) is 5.95 Å². The summed E-state index contributed by atoms with van der Waals surface area (Å²) in [5.41, 5.74) is 0. The summed E-state index contributed by atoms with van der Waals surface area (Å²) in [7, 11) is 1.53. The maximum Gasteiger partial charge on any atom is 0.242 e. The molecule has 0 spiro atoms. The van der Waals surface area contributed by atoms with Crippen molar-refractivity contribution in [3.05, 3.63) is 12.3 Å². The van der Waals surface area contributed by atoms with Crippen LogP contribution in [-0.4, -0.2) is 35.1 Å². The minimum atomic E-state index is -0.399. The van der Waals surface area contributed by atoms with Crippen molar-refractivity contribution in [1.29, 1.82) is 0 Å². The van der Waals surface area contributed by atoms with Gasteiger partial charge in [0.25, 0.3) is 0 Å². The molecule has 6 nitrogen and oxygen atoms in total. The van der Waals surface area contributed by atoms with Crippen LogP contribution in [0.3, 0.4) is 0 Å². The fraction of sp³-hybridized carbons (Fsp3) is 0.545. The third-order valence-corrected chi connectivity index (χ3v) is 2.01. The summed E-state index contributed by atoms with van der Waals surface area (Å²) >= 11 is 0. The standard InChI is InChI=1S/C11H18N4O2/c1-7(2)13-10(16)8(3)14-11-12-6-5-9(15-11)17-4/h5-8H,1-4H3,(H,13,16)(H,12,14,15). The topological polar surface area (TPSA) is 76.1 Å². The van der Waals surface area contributed by atoms with E-state index in [1.807, 2.05) is 13.8 Å². The van der Waals surface area contributed by atoms with Crippen molar-refractivity contribution >= 4 is 11.9 Å². The van der Waals surface area contributed by atoms with Gasteiger partial charge in [-0.05, 0) is 20.8 Å². The molecule has 1 aromatic heterocycles. The number of hydrogen-bond donors (Lipinski definition) is 2. The highest BCUT2D eigenvalue weighted by atomic mass is 16.5. The number of nitrogens with zero attached hydrogens (tertiary/aromatic N) is 2. The van der Waals surface area contributed by atoms with Crippen LogP contribution < -0.4 is 15.4 Å². The average molecular weight is 238 g/mol. The quantitative estimate of drug-likeness (QED) is 0.794. The van der Waals surface area contributed by atoms with Gasteiger partial charge in [-0.3, -0.25) is 4.79 Å². The zero-order valence-corrected chi connectivity index (χ0v) is 10.5. The third-order valence-electron chi connectivity index (χ3n) is 2.01. The molecule has 1 unspecified atom stereocenters. The average Bonchev–Trinajstić information content (AvgIpc) is 2.28. The Morgan fingerprint density at radius 2 is 2.12 bits per heavy atom. The van der Waals surface area contributed by atoms with Crippen molar-refractivity contribution in [2.24, 2.45) is 0 Å². The summed E-state index contributed by atoms with van der Waals surface area (Å²) in [5.74, 6) is 0.737. The molecule has 6 heteroatoms. The number of nitrogens with one attached hydrogen (secondary N) is 2. The molecule has 1 rings (SSSR count). The fourth-order valence-corrected chi connectivity index (χ4v) is 1.19. The Hall–Kier alpha value is -1.85. The highest BCUT2D eigenvalue weighted by Gasteiger charge is 2.14. The minimum Gasteiger partial charge on any atom is -0.481 e. The van der Waals surface area contributed by atoms with Gasteiger partial charge < -0.3 is 15.4 Å². The van der Waals surface area contributed by atoms with E-state index < -0.39 is 6.04 Å². The fourth-order valence-electron chi connectivity index (χ4n) is 1.19. The van der Waals surface area contributed by atoms with Gasteiger partial charge in [0.15, 0.2) is 0 Å². The largest absolute Gasteiger partial charge is 0.481 e. The van der Waals surface area contributed by atoms with Crippen LogP contribution in [0.2, 0.25) is 0 Å². The van der Waals surface area contributed by atoms with Gasteiger partial charge in [-0.1, -0.05) is 0 Å². The molecule has 1 amide bonds. The number of amides is 1. The Morgan fingerprint density at radius 3 is 2.71 bits per heavy atom. The molecule has 1 aromatic rings. The number of carbonyl (C=O) groups excluding carboxylic acids is 1. The van der Waals surface area contributed by atoms with E-state index in [4.69, 9.17) is 4.74 Å². The third kappa shape index (κ3) is 4.26. The monoisotopic (exact) mass is 238 g/mol. The molecule has 0 aliphatic heterocycles. The van der Waals surface area contributed by atoms with E-state index in [0.717, 1.165) is 0 Å². The second kappa shape index (κ2) is 6.03. The Bertz CT molecular complexity index is 381. The first-order valence-corrected chi connectivity index (χ1v) is 5.47. The van der Waals surface area contributed by atoms with E-state index in [1.54, 1.807) is 19.2 Å². The van der Waals surface area contributed by atoms with Crippen LogP contribution in [0.1, 0.15) is 20.8 Å². The molecule has 2 N–H and O–H groups in total. The summed E-state index contributed by atoms with van der Waals surface area (Å²) in [5, 5.41) is 5.71. The van der Waals surface area contributed by atoms with E-state index in [0.29, 0.717) is 11.8 Å². The molecular formula is C11H18N4O2. The lowest BCUT2D eigenvalue weighted by atomic mass is 10.3. The summed E-state index contributed by atoms with van der Waals surface area (Å²) in [6, 6.07) is 1.35. The van der Waals surface area contributed by atoms with E-state index in [9.17, 15) is 4.79 Å². The summed E-state index contributed by atoms with van der Waals surface area (Å²) < 4.78 is 4.97. The molecule has 0 aliphatic carbocycles. The number of hydrogen-bond acceptors (Lipinski definition) is 5. The van der Waals surface area contributed by atoms with Gasteiger partial charge in [-0.25, -0.2) is 4.98 Å². The molecule has 0 radical (unpaired) electrons. The number of ether oxygens (including phenoxy) is 1. The maximum atomic E-state index is 11.7. The molecule has 17 heavy (non-hydrogen) atoms. The normalized spacial score (nSPS) is 12.1. The first kappa shape index (κ1) is 13.2. The number of aromatic nitrogens is 2. The molecule has 94 valence electrons. The van der Waals surface area contributed by atoms with Crippen molar-refractivity contribution in [3.63, 3.8) is 0 Å². The second-order valence-electron chi connectivity index (χ2n) is 3.95. The second-order valence-corrected chi connectivity index (χ2v) is 3.95. The molecule has 0 bridgehead atoms. The molecule has 1 atom stereocenters. The Morgan fingerprint density at radius 1 is 1.41 bits per heavy atom. The van der Waals surface area contributed by atoms with Crippen LogP contribution in [0.5, 0.6) is 5.88 Å². The van der Waals surface area contributed by atoms with E-state index >= 15 is 0 Å². The highest BCUT2D eigenvalue weighted by molar-refractivity contribution is 5.83. The van der Waals surface area contributed by atoms with Crippen molar-refractivity contribution in [2.45, 2.75) is 32.9 Å². The van der Waals surface area contributed by atoms with Gasteiger partial charge >= 0.3 is 0 Å². The first-order valence-electron chi connectivity index (χ1n) is 5.47.